The smallest absolute Gasteiger partial charge is 0.387 e. The Hall–Kier alpha value is -5.19. The van der Waals surface area contributed by atoms with Crippen LogP contribution in [0.5, 0.6) is 5.75 Å². The van der Waals surface area contributed by atoms with Gasteiger partial charge in [0.1, 0.15) is 5.75 Å². The monoisotopic (exact) mass is 516 g/mol. The van der Waals surface area contributed by atoms with Gasteiger partial charge in [0, 0.05) is 16.5 Å². The van der Waals surface area contributed by atoms with Crippen LogP contribution < -0.4 is 10.1 Å². The summed E-state index contributed by atoms with van der Waals surface area (Å²) in [4.78, 5) is 29.9. The molecule has 38 heavy (non-hydrogen) atoms. The number of hydrogen-bond acceptors (Lipinski definition) is 8. The number of carbonyl (C=O) groups excluding carboxylic acids is 2. The minimum Gasteiger partial charge on any atom is -0.452 e. The van der Waals surface area contributed by atoms with Crippen LogP contribution in [0.2, 0.25) is 0 Å². The summed E-state index contributed by atoms with van der Waals surface area (Å²) in [5.74, 6) is -1.21. The number of esters is 1. The molecule has 0 saturated carbocycles. The summed E-state index contributed by atoms with van der Waals surface area (Å²) < 4.78 is 40.0. The van der Waals surface area contributed by atoms with Crippen LogP contribution in [0, 0.1) is 0 Å². The Balaban J connectivity index is 1.30. The van der Waals surface area contributed by atoms with Gasteiger partial charge in [-0.25, -0.2) is 9.78 Å². The lowest BCUT2D eigenvalue weighted by atomic mass is 10.0. The van der Waals surface area contributed by atoms with E-state index in [-0.39, 0.29) is 23.2 Å². The van der Waals surface area contributed by atoms with E-state index in [1.165, 1.54) is 18.2 Å². The number of rotatable bonds is 8. The second kappa shape index (κ2) is 10.8. The summed E-state index contributed by atoms with van der Waals surface area (Å²) in [6.45, 7) is -3.54. The van der Waals surface area contributed by atoms with Gasteiger partial charge in [-0.2, -0.15) is 8.78 Å². The molecule has 190 valence electrons. The number of benzene rings is 3. The molecular formula is C27H18F2N4O5. The number of para-hydroxylation sites is 1. The summed E-state index contributed by atoms with van der Waals surface area (Å²) in [6, 6.07) is 23.1. The van der Waals surface area contributed by atoms with Crippen molar-refractivity contribution in [3.05, 3.63) is 90.5 Å². The van der Waals surface area contributed by atoms with Crippen molar-refractivity contribution < 1.29 is 32.3 Å². The lowest BCUT2D eigenvalue weighted by molar-refractivity contribution is -0.119. The molecule has 0 aliphatic rings. The fourth-order valence-corrected chi connectivity index (χ4v) is 3.63. The quantitative estimate of drug-likeness (QED) is 0.275. The molecule has 1 amide bonds. The number of ether oxygens (including phenoxy) is 2. The Bertz CT molecular complexity index is 1590. The number of pyridine rings is 1. The van der Waals surface area contributed by atoms with E-state index in [0.717, 1.165) is 0 Å². The molecule has 0 fully saturated rings. The number of nitrogens with zero attached hydrogens (tertiary/aromatic N) is 3. The summed E-state index contributed by atoms with van der Waals surface area (Å²) in [5, 5.41) is 10.6. The van der Waals surface area contributed by atoms with Crippen LogP contribution in [0.15, 0.2) is 89.3 Å². The Labute approximate surface area is 214 Å². The zero-order valence-corrected chi connectivity index (χ0v) is 19.5. The third-order valence-corrected chi connectivity index (χ3v) is 5.34. The molecule has 0 radical (unpaired) electrons. The molecule has 5 rings (SSSR count). The maximum Gasteiger partial charge on any atom is 0.387 e. The molecule has 5 aromatic rings. The average Bonchev–Trinajstić information content (AvgIpc) is 3.40. The van der Waals surface area contributed by atoms with Gasteiger partial charge < -0.3 is 13.9 Å². The number of carbonyl (C=O) groups is 2. The molecule has 9 nitrogen and oxygen atoms in total. The van der Waals surface area contributed by atoms with Crippen molar-refractivity contribution in [1.29, 1.82) is 0 Å². The maximum atomic E-state index is 13.0. The first-order valence-corrected chi connectivity index (χ1v) is 11.3. The van der Waals surface area contributed by atoms with E-state index in [4.69, 9.17) is 9.15 Å². The number of halogens is 2. The Kier molecular flexibility index (Phi) is 6.98. The number of fused-ring (bicyclic) bond motifs is 1. The van der Waals surface area contributed by atoms with Gasteiger partial charge in [-0.05, 0) is 48.5 Å². The molecule has 3 aromatic carbocycles. The van der Waals surface area contributed by atoms with E-state index in [2.05, 4.69) is 25.2 Å². The summed E-state index contributed by atoms with van der Waals surface area (Å²) in [7, 11) is 0. The lowest BCUT2D eigenvalue weighted by Gasteiger charge is -2.10. The van der Waals surface area contributed by atoms with Gasteiger partial charge in [-0.15, -0.1) is 5.10 Å². The minimum atomic E-state index is -2.94. The molecule has 1 N–H and O–H groups in total. The van der Waals surface area contributed by atoms with E-state index in [9.17, 15) is 18.4 Å². The van der Waals surface area contributed by atoms with Crippen molar-refractivity contribution in [1.82, 2.24) is 15.2 Å². The lowest BCUT2D eigenvalue weighted by Crippen LogP contribution is -2.21. The van der Waals surface area contributed by atoms with Gasteiger partial charge in [-0.3, -0.25) is 10.1 Å². The van der Waals surface area contributed by atoms with Crippen LogP contribution in [-0.2, 0) is 9.53 Å². The summed E-state index contributed by atoms with van der Waals surface area (Å²) >= 11 is 0. The van der Waals surface area contributed by atoms with Gasteiger partial charge in [0.25, 0.3) is 5.91 Å². The number of anilines is 1. The third kappa shape index (κ3) is 5.62. The fourth-order valence-electron chi connectivity index (χ4n) is 3.63. The van der Waals surface area contributed by atoms with Crippen LogP contribution in [-0.4, -0.2) is 40.3 Å². The van der Waals surface area contributed by atoms with E-state index in [1.807, 2.05) is 18.2 Å². The zero-order chi connectivity index (χ0) is 26.5. The van der Waals surface area contributed by atoms with Crippen LogP contribution in [0.25, 0.3) is 33.6 Å². The molecule has 2 heterocycles. The second-order valence-corrected chi connectivity index (χ2v) is 7.88. The SMILES string of the molecule is O=C(COC(=O)c1cc(-c2ccc(OC(F)F)cc2)nc2ccccc12)Nc1nnc(-c2ccccc2)o1. The Morgan fingerprint density at radius 2 is 1.63 bits per heavy atom. The molecule has 2 aromatic heterocycles. The van der Waals surface area contributed by atoms with Crippen LogP contribution in [0.3, 0.4) is 0 Å². The maximum absolute atomic E-state index is 13.0. The number of nitrogens with one attached hydrogen (secondary N) is 1. The van der Waals surface area contributed by atoms with Gasteiger partial charge in [0.05, 0.1) is 16.8 Å². The standard InChI is InChI=1S/C27H18F2N4O5/c28-26(29)37-18-12-10-16(11-13-18)22-14-20(19-8-4-5-9-21(19)30-22)25(35)36-15-23(34)31-27-33-32-24(38-27)17-6-2-1-3-7-17/h1-14,26H,15H2,(H,31,33,34). The summed E-state index contributed by atoms with van der Waals surface area (Å²) in [6.07, 6.45) is 0. The van der Waals surface area contributed by atoms with Crippen molar-refractivity contribution in [2.24, 2.45) is 0 Å². The first kappa shape index (κ1) is 24.5. The molecule has 11 heteroatoms. The van der Waals surface area contributed by atoms with Gasteiger partial charge in [0.2, 0.25) is 5.89 Å². The molecule has 0 atom stereocenters. The van der Waals surface area contributed by atoms with Crippen LogP contribution >= 0.6 is 0 Å². The largest absolute Gasteiger partial charge is 0.452 e. The molecule has 0 aliphatic carbocycles. The van der Waals surface area contributed by atoms with Crippen molar-refractivity contribution >= 4 is 28.8 Å². The zero-order valence-electron chi connectivity index (χ0n) is 19.5. The molecule has 0 unspecified atom stereocenters. The highest BCUT2D eigenvalue weighted by molar-refractivity contribution is 6.05. The molecule has 0 aliphatic heterocycles. The molecular weight excluding hydrogens is 498 g/mol. The van der Waals surface area contributed by atoms with Crippen molar-refractivity contribution in [3.8, 4) is 28.5 Å². The van der Waals surface area contributed by atoms with Gasteiger partial charge in [-0.1, -0.05) is 41.5 Å². The fraction of sp³-hybridized carbons (Fsp3) is 0.0741. The molecule has 0 saturated heterocycles. The number of alkyl halides is 2. The van der Waals surface area contributed by atoms with Crippen molar-refractivity contribution in [2.45, 2.75) is 6.61 Å². The highest BCUT2D eigenvalue weighted by Crippen LogP contribution is 2.27. The van der Waals surface area contributed by atoms with Crippen molar-refractivity contribution in [2.75, 3.05) is 11.9 Å². The normalized spacial score (nSPS) is 10.9. The van der Waals surface area contributed by atoms with Gasteiger partial charge >= 0.3 is 18.6 Å². The highest BCUT2D eigenvalue weighted by atomic mass is 19.3. The van der Waals surface area contributed by atoms with E-state index < -0.39 is 25.1 Å². The van der Waals surface area contributed by atoms with E-state index >= 15 is 0 Å². The highest BCUT2D eigenvalue weighted by Gasteiger charge is 2.18. The van der Waals surface area contributed by atoms with Gasteiger partial charge in [0.15, 0.2) is 6.61 Å². The summed E-state index contributed by atoms with van der Waals surface area (Å²) in [5.41, 5.74) is 2.34. The second-order valence-electron chi connectivity index (χ2n) is 7.88. The third-order valence-electron chi connectivity index (χ3n) is 5.34. The number of aromatic nitrogens is 3. The first-order valence-electron chi connectivity index (χ1n) is 11.3. The van der Waals surface area contributed by atoms with Crippen LogP contribution in [0.1, 0.15) is 10.4 Å². The van der Waals surface area contributed by atoms with E-state index in [0.29, 0.717) is 27.7 Å². The first-order chi connectivity index (χ1) is 18.5. The average molecular weight is 516 g/mol. The molecule has 0 bridgehead atoms. The molecule has 0 spiro atoms. The topological polar surface area (TPSA) is 116 Å². The van der Waals surface area contributed by atoms with Crippen LogP contribution in [0.4, 0.5) is 14.8 Å². The number of hydrogen-bond donors (Lipinski definition) is 1. The Morgan fingerprint density at radius 3 is 2.39 bits per heavy atom. The van der Waals surface area contributed by atoms with E-state index in [1.54, 1.807) is 48.5 Å². The minimum absolute atomic E-state index is 0.00711. The number of amides is 1. The predicted molar refractivity (Wildman–Crippen MR) is 132 cm³/mol. The Morgan fingerprint density at radius 1 is 0.895 bits per heavy atom. The predicted octanol–water partition coefficient (Wildman–Crippen LogP) is 5.35. The van der Waals surface area contributed by atoms with Crippen molar-refractivity contribution in [3.63, 3.8) is 0 Å².